The van der Waals surface area contributed by atoms with Crippen molar-refractivity contribution < 1.29 is 16.8 Å². The van der Waals surface area contributed by atoms with E-state index in [9.17, 15) is 16.8 Å². The molecule has 1 fully saturated rings. The molecule has 0 N–H and O–H groups in total. The summed E-state index contributed by atoms with van der Waals surface area (Å²) in [5.41, 5.74) is 0.488. The van der Waals surface area contributed by atoms with Gasteiger partial charge >= 0.3 is 0 Å². The molecular formula is C17H23ClN4O4S2. The van der Waals surface area contributed by atoms with Crippen molar-refractivity contribution in [3.05, 3.63) is 40.8 Å². The molecule has 0 atom stereocenters. The largest absolute Gasteiger partial charge is 0.337 e. The number of aryl methyl sites for hydroxylation is 2. The Kier molecular flexibility index (Phi) is 5.88. The Hall–Kier alpha value is -1.46. The molecule has 0 spiro atoms. The maximum absolute atomic E-state index is 13.1. The molecule has 1 saturated heterocycles. The van der Waals surface area contributed by atoms with E-state index >= 15 is 0 Å². The number of benzene rings is 1. The van der Waals surface area contributed by atoms with Gasteiger partial charge in [-0.15, -0.1) is 0 Å². The predicted octanol–water partition coefficient (Wildman–Crippen LogP) is 1.78. The minimum atomic E-state index is -3.78. The molecule has 1 aromatic carbocycles. The van der Waals surface area contributed by atoms with Crippen LogP contribution >= 0.6 is 11.6 Å². The Bertz CT molecular complexity index is 1080. The zero-order chi connectivity index (χ0) is 20.7. The lowest BCUT2D eigenvalue weighted by Gasteiger charge is -2.22. The maximum Gasteiger partial charge on any atom is 0.262 e. The van der Waals surface area contributed by atoms with Crippen LogP contribution in [0, 0.1) is 13.8 Å². The summed E-state index contributed by atoms with van der Waals surface area (Å²) < 4.78 is 56.2. The molecule has 11 heteroatoms. The van der Waals surface area contributed by atoms with Gasteiger partial charge in [0.2, 0.25) is 10.0 Å². The van der Waals surface area contributed by atoms with E-state index in [1.165, 1.54) is 20.9 Å². The molecule has 1 aliphatic heterocycles. The van der Waals surface area contributed by atoms with Crippen molar-refractivity contribution in [1.29, 1.82) is 0 Å². The predicted molar refractivity (Wildman–Crippen MR) is 106 cm³/mol. The summed E-state index contributed by atoms with van der Waals surface area (Å²) in [4.78, 5) is 4.26. The number of aromatic nitrogens is 2. The first-order valence-corrected chi connectivity index (χ1v) is 12.1. The van der Waals surface area contributed by atoms with Crippen LogP contribution in [0.15, 0.2) is 34.3 Å². The van der Waals surface area contributed by atoms with Crippen molar-refractivity contribution in [2.75, 3.05) is 26.2 Å². The fraction of sp³-hybridized carbons (Fsp3) is 0.471. The summed E-state index contributed by atoms with van der Waals surface area (Å²) in [7, 11) is -5.82. The molecule has 3 rings (SSSR count). The first kappa shape index (κ1) is 21.3. The van der Waals surface area contributed by atoms with Gasteiger partial charge in [0.1, 0.15) is 5.82 Å². The van der Waals surface area contributed by atoms with E-state index in [0.29, 0.717) is 22.8 Å². The van der Waals surface area contributed by atoms with Gasteiger partial charge in [0.15, 0.2) is 5.03 Å². The number of imidazole rings is 1. The zero-order valence-corrected chi connectivity index (χ0v) is 18.4. The van der Waals surface area contributed by atoms with Crippen LogP contribution in [0.25, 0.3) is 0 Å². The quantitative estimate of drug-likeness (QED) is 0.713. The number of halogens is 1. The molecule has 0 radical (unpaired) electrons. The molecule has 154 valence electrons. The average molecular weight is 447 g/mol. The Morgan fingerprint density at radius 2 is 1.57 bits per heavy atom. The van der Waals surface area contributed by atoms with E-state index in [1.807, 2.05) is 0 Å². The van der Waals surface area contributed by atoms with E-state index in [-0.39, 0.29) is 36.1 Å². The van der Waals surface area contributed by atoms with Crippen LogP contribution in [-0.2, 0) is 27.1 Å². The number of hydrogen-bond donors (Lipinski definition) is 0. The van der Waals surface area contributed by atoms with Gasteiger partial charge in [0, 0.05) is 44.4 Å². The third-order valence-electron chi connectivity index (χ3n) is 4.94. The highest BCUT2D eigenvalue weighted by molar-refractivity contribution is 7.89. The maximum atomic E-state index is 13.1. The lowest BCUT2D eigenvalue weighted by atomic mass is 10.2. The van der Waals surface area contributed by atoms with Crippen molar-refractivity contribution in [1.82, 2.24) is 18.2 Å². The molecule has 1 aromatic heterocycles. The second kappa shape index (κ2) is 7.75. The van der Waals surface area contributed by atoms with Gasteiger partial charge in [-0.05, 0) is 38.0 Å². The van der Waals surface area contributed by atoms with Gasteiger partial charge in [-0.3, -0.25) is 0 Å². The van der Waals surface area contributed by atoms with E-state index in [0.717, 1.165) is 0 Å². The smallest absolute Gasteiger partial charge is 0.262 e. The molecule has 0 saturated carbocycles. The molecule has 0 unspecified atom stereocenters. The van der Waals surface area contributed by atoms with Crippen molar-refractivity contribution in [3.8, 4) is 0 Å². The fourth-order valence-electron chi connectivity index (χ4n) is 3.14. The Morgan fingerprint density at radius 1 is 0.964 bits per heavy atom. The van der Waals surface area contributed by atoms with Crippen molar-refractivity contribution in [3.63, 3.8) is 0 Å². The summed E-state index contributed by atoms with van der Waals surface area (Å²) in [6.07, 6.45) is 1.86. The molecule has 1 aliphatic rings. The molecule has 2 aromatic rings. The van der Waals surface area contributed by atoms with E-state index in [4.69, 9.17) is 11.6 Å². The second-order valence-electron chi connectivity index (χ2n) is 6.76. The van der Waals surface area contributed by atoms with Crippen LogP contribution in [0.5, 0.6) is 0 Å². The topological polar surface area (TPSA) is 92.6 Å². The summed E-state index contributed by atoms with van der Waals surface area (Å²) in [5.74, 6) is 0.592. The molecule has 0 aliphatic carbocycles. The standard InChI is InChI=1S/C17H23ClN4O4S2/c1-13-15(18)6-4-7-16(13)27(23,24)21-8-5-9-22(11-10-21)28(25,26)17-12-20(3)14(2)19-17/h4,6-7,12H,5,8-11H2,1-3H3. The highest BCUT2D eigenvalue weighted by atomic mass is 35.5. The number of rotatable bonds is 4. The Balaban J connectivity index is 1.84. The average Bonchev–Trinajstić information content (AvgIpc) is 2.85. The van der Waals surface area contributed by atoms with Gasteiger partial charge in [0.25, 0.3) is 10.0 Å². The number of nitrogens with zero attached hydrogens (tertiary/aromatic N) is 4. The van der Waals surface area contributed by atoms with Gasteiger partial charge < -0.3 is 4.57 Å². The lowest BCUT2D eigenvalue weighted by Crippen LogP contribution is -2.37. The first-order chi connectivity index (χ1) is 13.0. The van der Waals surface area contributed by atoms with Crippen LogP contribution in [0.4, 0.5) is 0 Å². The van der Waals surface area contributed by atoms with Crippen LogP contribution < -0.4 is 0 Å². The van der Waals surface area contributed by atoms with Gasteiger partial charge in [-0.1, -0.05) is 17.7 Å². The minimum Gasteiger partial charge on any atom is -0.337 e. The summed E-state index contributed by atoms with van der Waals surface area (Å²) in [5, 5.41) is 0.361. The monoisotopic (exact) mass is 446 g/mol. The Morgan fingerprint density at radius 3 is 2.14 bits per heavy atom. The van der Waals surface area contributed by atoms with Crippen molar-refractivity contribution >= 4 is 31.6 Å². The van der Waals surface area contributed by atoms with Crippen LogP contribution in [0.1, 0.15) is 17.8 Å². The minimum absolute atomic E-state index is 0.0190. The van der Waals surface area contributed by atoms with Gasteiger partial charge in [0.05, 0.1) is 4.90 Å². The zero-order valence-electron chi connectivity index (χ0n) is 16.0. The molecule has 28 heavy (non-hydrogen) atoms. The summed E-state index contributed by atoms with van der Waals surface area (Å²) >= 11 is 6.08. The normalized spacial score (nSPS) is 17.6. The highest BCUT2D eigenvalue weighted by Crippen LogP contribution is 2.27. The van der Waals surface area contributed by atoms with Crippen molar-refractivity contribution in [2.45, 2.75) is 30.2 Å². The third kappa shape index (κ3) is 3.84. The van der Waals surface area contributed by atoms with E-state index < -0.39 is 20.0 Å². The molecule has 0 bridgehead atoms. The fourth-order valence-corrected chi connectivity index (χ4v) is 6.58. The second-order valence-corrected chi connectivity index (χ2v) is 11.0. The lowest BCUT2D eigenvalue weighted by molar-refractivity contribution is 0.403. The molecule has 0 amide bonds. The summed E-state index contributed by atoms with van der Waals surface area (Å²) in [6, 6.07) is 4.76. The summed E-state index contributed by atoms with van der Waals surface area (Å²) in [6.45, 7) is 3.99. The molecular weight excluding hydrogens is 424 g/mol. The molecule has 2 heterocycles. The van der Waals surface area contributed by atoms with Crippen LogP contribution in [-0.4, -0.2) is 61.2 Å². The van der Waals surface area contributed by atoms with E-state index in [1.54, 1.807) is 37.6 Å². The first-order valence-electron chi connectivity index (χ1n) is 8.80. The van der Waals surface area contributed by atoms with Gasteiger partial charge in [-0.2, -0.15) is 8.61 Å². The highest BCUT2D eigenvalue weighted by Gasteiger charge is 2.33. The van der Waals surface area contributed by atoms with E-state index in [2.05, 4.69) is 4.98 Å². The number of hydrogen-bond acceptors (Lipinski definition) is 5. The third-order valence-corrected chi connectivity index (χ3v) is 9.16. The van der Waals surface area contributed by atoms with Crippen LogP contribution in [0.2, 0.25) is 5.02 Å². The van der Waals surface area contributed by atoms with Crippen molar-refractivity contribution in [2.24, 2.45) is 7.05 Å². The van der Waals surface area contributed by atoms with Gasteiger partial charge in [-0.25, -0.2) is 21.8 Å². The van der Waals surface area contributed by atoms with Crippen LogP contribution in [0.3, 0.4) is 0 Å². The molecule has 8 nitrogen and oxygen atoms in total. The number of sulfonamides is 2. The SMILES string of the molecule is Cc1c(Cl)cccc1S(=O)(=O)N1CCCN(S(=O)(=O)c2cn(C)c(C)n2)CC1. The Labute approximate surface area is 170 Å².